The fraction of sp³-hybridized carbons (Fsp3) is 0.611. The number of guanidine groups is 1. The van der Waals surface area contributed by atoms with Gasteiger partial charge in [0.1, 0.15) is 0 Å². The third-order valence-corrected chi connectivity index (χ3v) is 3.83. The molecule has 6 heteroatoms. The molecule has 0 aromatic heterocycles. The summed E-state index contributed by atoms with van der Waals surface area (Å²) in [6.45, 7) is 5.51. The first-order valence-corrected chi connectivity index (χ1v) is 8.73. The maximum atomic E-state index is 13.6. The lowest BCUT2D eigenvalue weighted by Crippen LogP contribution is -2.38. The maximum Gasteiger partial charge on any atom is 0.191 e. The standard InChI is InChI=1S/C18H27F2N3O/c1-2-21-18(22-10-4-12-24-13-14-7-8-14)23-11-9-15-5-3-6-16(19)17(15)20/h3,5-6,14H,2,4,7-13H2,1H3,(H2,21,22,23). The van der Waals surface area contributed by atoms with Crippen molar-refractivity contribution in [2.75, 3.05) is 32.8 Å². The number of ether oxygens (including phenoxy) is 1. The van der Waals surface area contributed by atoms with E-state index in [1.165, 1.54) is 18.9 Å². The second-order valence-corrected chi connectivity index (χ2v) is 6.02. The molecule has 0 bridgehead atoms. The summed E-state index contributed by atoms with van der Waals surface area (Å²) in [6, 6.07) is 4.25. The van der Waals surface area contributed by atoms with Gasteiger partial charge in [0.2, 0.25) is 0 Å². The number of nitrogens with one attached hydrogen (secondary N) is 2. The van der Waals surface area contributed by atoms with Crippen LogP contribution in [0.4, 0.5) is 8.78 Å². The molecule has 1 saturated carbocycles. The Morgan fingerprint density at radius 1 is 1.29 bits per heavy atom. The van der Waals surface area contributed by atoms with E-state index in [0.29, 0.717) is 31.0 Å². The summed E-state index contributed by atoms with van der Waals surface area (Å²) in [5.41, 5.74) is 0.367. The summed E-state index contributed by atoms with van der Waals surface area (Å²) in [6.07, 6.45) is 3.89. The predicted molar refractivity (Wildman–Crippen MR) is 92.2 cm³/mol. The average molecular weight is 339 g/mol. The van der Waals surface area contributed by atoms with Crippen LogP contribution >= 0.6 is 0 Å². The first-order valence-electron chi connectivity index (χ1n) is 8.73. The molecule has 1 aliphatic rings. The van der Waals surface area contributed by atoms with Gasteiger partial charge in [-0.1, -0.05) is 12.1 Å². The van der Waals surface area contributed by atoms with Crippen molar-refractivity contribution in [3.05, 3.63) is 35.4 Å². The SMILES string of the molecule is CCNC(=NCCCOCC1CC1)NCCc1cccc(F)c1F. The average Bonchev–Trinajstić information content (AvgIpc) is 3.39. The molecule has 0 saturated heterocycles. The molecular weight excluding hydrogens is 312 g/mol. The lowest BCUT2D eigenvalue weighted by atomic mass is 10.1. The van der Waals surface area contributed by atoms with Gasteiger partial charge in [0.25, 0.3) is 0 Å². The van der Waals surface area contributed by atoms with Gasteiger partial charge >= 0.3 is 0 Å². The van der Waals surface area contributed by atoms with Crippen molar-refractivity contribution in [2.45, 2.75) is 32.6 Å². The lowest BCUT2D eigenvalue weighted by Gasteiger charge is -2.11. The molecule has 2 N–H and O–H groups in total. The van der Waals surface area contributed by atoms with Crippen molar-refractivity contribution < 1.29 is 13.5 Å². The van der Waals surface area contributed by atoms with Crippen molar-refractivity contribution in [3.8, 4) is 0 Å². The number of hydrogen-bond donors (Lipinski definition) is 2. The van der Waals surface area contributed by atoms with Crippen LogP contribution in [0.2, 0.25) is 0 Å². The van der Waals surface area contributed by atoms with Gasteiger partial charge in [0.05, 0.1) is 0 Å². The molecule has 1 aliphatic carbocycles. The Morgan fingerprint density at radius 3 is 2.88 bits per heavy atom. The Morgan fingerprint density at radius 2 is 2.12 bits per heavy atom. The summed E-state index contributed by atoms with van der Waals surface area (Å²) in [5.74, 6) is -0.0967. The van der Waals surface area contributed by atoms with E-state index < -0.39 is 11.6 Å². The Balaban J connectivity index is 1.67. The molecule has 24 heavy (non-hydrogen) atoms. The monoisotopic (exact) mass is 339 g/mol. The van der Waals surface area contributed by atoms with Crippen LogP contribution in [-0.2, 0) is 11.2 Å². The summed E-state index contributed by atoms with van der Waals surface area (Å²) < 4.78 is 32.3. The van der Waals surface area contributed by atoms with Crippen molar-refractivity contribution in [2.24, 2.45) is 10.9 Å². The highest BCUT2D eigenvalue weighted by atomic mass is 19.2. The number of benzene rings is 1. The molecule has 4 nitrogen and oxygen atoms in total. The normalized spacial score (nSPS) is 14.7. The Kier molecular flexibility index (Phi) is 7.95. The summed E-state index contributed by atoms with van der Waals surface area (Å²) >= 11 is 0. The molecule has 0 radical (unpaired) electrons. The fourth-order valence-electron chi connectivity index (χ4n) is 2.29. The van der Waals surface area contributed by atoms with Crippen molar-refractivity contribution in [3.63, 3.8) is 0 Å². The molecule has 0 spiro atoms. The molecule has 1 aromatic rings. The van der Waals surface area contributed by atoms with E-state index >= 15 is 0 Å². The minimum Gasteiger partial charge on any atom is -0.381 e. The van der Waals surface area contributed by atoms with Gasteiger partial charge in [0, 0.05) is 32.8 Å². The quantitative estimate of drug-likeness (QED) is 0.391. The summed E-state index contributed by atoms with van der Waals surface area (Å²) in [7, 11) is 0. The minimum absolute atomic E-state index is 0.367. The molecule has 0 amide bonds. The van der Waals surface area contributed by atoms with Crippen LogP contribution < -0.4 is 10.6 Å². The molecule has 0 atom stereocenters. The number of nitrogens with zero attached hydrogens (tertiary/aromatic N) is 1. The molecule has 1 aromatic carbocycles. The highest BCUT2D eigenvalue weighted by Gasteiger charge is 2.20. The predicted octanol–water partition coefficient (Wildman–Crippen LogP) is 2.88. The van der Waals surface area contributed by atoms with Crippen LogP contribution in [0.1, 0.15) is 31.7 Å². The highest BCUT2D eigenvalue weighted by Crippen LogP contribution is 2.28. The third-order valence-electron chi connectivity index (χ3n) is 3.83. The van der Waals surface area contributed by atoms with Crippen LogP contribution in [0.5, 0.6) is 0 Å². The van der Waals surface area contributed by atoms with Crippen molar-refractivity contribution >= 4 is 5.96 Å². The fourth-order valence-corrected chi connectivity index (χ4v) is 2.29. The lowest BCUT2D eigenvalue weighted by molar-refractivity contribution is 0.123. The summed E-state index contributed by atoms with van der Waals surface area (Å²) in [5, 5.41) is 6.29. The third kappa shape index (κ3) is 6.83. The first-order chi connectivity index (χ1) is 11.7. The topological polar surface area (TPSA) is 45.7 Å². The zero-order valence-corrected chi connectivity index (χ0v) is 14.3. The van der Waals surface area contributed by atoms with Gasteiger partial charge in [-0.25, -0.2) is 8.78 Å². The van der Waals surface area contributed by atoms with Gasteiger partial charge < -0.3 is 15.4 Å². The molecule has 1 fully saturated rings. The van der Waals surface area contributed by atoms with E-state index in [2.05, 4.69) is 15.6 Å². The highest BCUT2D eigenvalue weighted by molar-refractivity contribution is 5.79. The van der Waals surface area contributed by atoms with E-state index in [0.717, 1.165) is 38.2 Å². The van der Waals surface area contributed by atoms with Crippen LogP contribution in [0.15, 0.2) is 23.2 Å². The van der Waals surface area contributed by atoms with Crippen LogP contribution in [0, 0.1) is 17.6 Å². The number of hydrogen-bond acceptors (Lipinski definition) is 2. The molecule has 2 rings (SSSR count). The van der Waals surface area contributed by atoms with Gasteiger partial charge in [-0.3, -0.25) is 4.99 Å². The zero-order chi connectivity index (χ0) is 17.2. The van der Waals surface area contributed by atoms with Gasteiger partial charge in [-0.2, -0.15) is 0 Å². The van der Waals surface area contributed by atoms with Crippen molar-refractivity contribution in [1.29, 1.82) is 0 Å². The van der Waals surface area contributed by atoms with Crippen molar-refractivity contribution in [1.82, 2.24) is 10.6 Å². The van der Waals surface area contributed by atoms with Gasteiger partial charge in [-0.05, 0) is 50.2 Å². The van der Waals surface area contributed by atoms with Crippen LogP contribution in [0.3, 0.4) is 0 Å². The van der Waals surface area contributed by atoms with Gasteiger partial charge in [0.15, 0.2) is 17.6 Å². The van der Waals surface area contributed by atoms with E-state index in [1.54, 1.807) is 6.07 Å². The molecule has 0 unspecified atom stereocenters. The second-order valence-electron chi connectivity index (χ2n) is 6.02. The zero-order valence-electron chi connectivity index (χ0n) is 14.3. The Bertz CT molecular complexity index is 533. The van der Waals surface area contributed by atoms with E-state index in [4.69, 9.17) is 4.74 Å². The van der Waals surface area contributed by atoms with Gasteiger partial charge in [-0.15, -0.1) is 0 Å². The van der Waals surface area contributed by atoms with E-state index in [1.807, 2.05) is 6.92 Å². The smallest absolute Gasteiger partial charge is 0.191 e. The molecule has 0 aliphatic heterocycles. The van der Waals surface area contributed by atoms with E-state index in [9.17, 15) is 8.78 Å². The first kappa shape index (κ1) is 18.6. The minimum atomic E-state index is -0.806. The Hall–Kier alpha value is -1.69. The number of aliphatic imine (C=N–C) groups is 1. The molecule has 134 valence electrons. The number of halogens is 2. The van der Waals surface area contributed by atoms with Crippen LogP contribution in [0.25, 0.3) is 0 Å². The Labute approximate surface area is 142 Å². The van der Waals surface area contributed by atoms with E-state index in [-0.39, 0.29) is 0 Å². The largest absolute Gasteiger partial charge is 0.381 e. The second kappa shape index (κ2) is 10.2. The number of rotatable bonds is 10. The summed E-state index contributed by atoms with van der Waals surface area (Å²) in [4.78, 5) is 4.46. The molecule has 0 heterocycles. The molecular formula is C18H27F2N3O. The maximum absolute atomic E-state index is 13.6. The van der Waals surface area contributed by atoms with Crippen LogP contribution in [-0.4, -0.2) is 38.8 Å².